The van der Waals surface area contributed by atoms with Crippen molar-refractivity contribution in [2.24, 2.45) is 5.10 Å². The molecule has 0 amide bonds. The molecule has 0 aliphatic carbocycles. The van der Waals surface area contributed by atoms with Crippen LogP contribution in [0.25, 0.3) is 16.7 Å². The number of aromatic nitrogens is 4. The van der Waals surface area contributed by atoms with Gasteiger partial charge in [0.25, 0.3) is 0 Å². The first kappa shape index (κ1) is 16.5. The number of para-hydroxylation sites is 1. The van der Waals surface area contributed by atoms with Crippen molar-refractivity contribution in [1.82, 2.24) is 19.4 Å². The molecule has 4 rings (SSSR count). The van der Waals surface area contributed by atoms with E-state index in [0.717, 1.165) is 5.69 Å². The van der Waals surface area contributed by atoms with Gasteiger partial charge in [0.1, 0.15) is 6.33 Å². The summed E-state index contributed by atoms with van der Waals surface area (Å²) in [4.78, 5) is 4.40. The van der Waals surface area contributed by atoms with Gasteiger partial charge in [0, 0.05) is 10.6 Å². The van der Waals surface area contributed by atoms with Crippen molar-refractivity contribution in [3.8, 4) is 5.69 Å². The van der Waals surface area contributed by atoms with Crippen molar-refractivity contribution in [2.75, 3.05) is 0 Å². The van der Waals surface area contributed by atoms with Crippen LogP contribution in [0.1, 0.15) is 5.56 Å². The molecule has 6 nitrogen and oxygen atoms in total. The van der Waals surface area contributed by atoms with Crippen molar-refractivity contribution in [3.05, 3.63) is 82.2 Å². The van der Waals surface area contributed by atoms with E-state index in [-0.39, 0.29) is 5.49 Å². The Labute approximate surface area is 158 Å². The smallest absolute Gasteiger partial charge is 0.168 e. The lowest BCUT2D eigenvalue weighted by atomic mass is 10.2. The first-order valence-corrected chi connectivity index (χ1v) is 8.44. The van der Waals surface area contributed by atoms with Gasteiger partial charge in [-0.3, -0.25) is 5.41 Å². The van der Waals surface area contributed by atoms with E-state index in [1.165, 1.54) is 11.0 Å². The second kappa shape index (κ2) is 6.74. The summed E-state index contributed by atoms with van der Waals surface area (Å²) in [6, 6.07) is 14.8. The molecule has 0 saturated heterocycles. The van der Waals surface area contributed by atoms with E-state index in [4.69, 9.17) is 28.6 Å². The highest BCUT2D eigenvalue weighted by molar-refractivity contribution is 6.36. The maximum atomic E-state index is 8.37. The summed E-state index contributed by atoms with van der Waals surface area (Å²) in [7, 11) is 0. The van der Waals surface area contributed by atoms with Gasteiger partial charge in [-0.05, 0) is 24.3 Å². The summed E-state index contributed by atoms with van der Waals surface area (Å²) < 4.78 is 3.06. The SMILES string of the molecule is N=c1c2cnn(-c3ccccc3)c2ncn1N=Cc1ccc(Cl)cc1Cl. The van der Waals surface area contributed by atoms with Crippen molar-refractivity contribution >= 4 is 40.4 Å². The van der Waals surface area contributed by atoms with Crippen LogP contribution in [0.2, 0.25) is 10.0 Å². The number of nitrogens with zero attached hydrogens (tertiary/aromatic N) is 5. The van der Waals surface area contributed by atoms with Crippen LogP contribution in [0.5, 0.6) is 0 Å². The predicted molar refractivity (Wildman–Crippen MR) is 102 cm³/mol. The Morgan fingerprint density at radius 2 is 1.88 bits per heavy atom. The van der Waals surface area contributed by atoms with E-state index in [1.54, 1.807) is 35.3 Å². The number of rotatable bonds is 3. The highest BCUT2D eigenvalue weighted by Crippen LogP contribution is 2.19. The van der Waals surface area contributed by atoms with Gasteiger partial charge in [-0.25, -0.2) is 14.3 Å². The average molecular weight is 383 g/mol. The van der Waals surface area contributed by atoms with Gasteiger partial charge in [0.05, 0.1) is 28.5 Å². The normalized spacial score (nSPS) is 11.5. The summed E-state index contributed by atoms with van der Waals surface area (Å²) in [5.41, 5.74) is 2.35. The average Bonchev–Trinajstić information content (AvgIpc) is 3.08. The first-order valence-electron chi connectivity index (χ1n) is 7.68. The molecule has 0 radical (unpaired) electrons. The molecule has 128 valence electrons. The molecule has 26 heavy (non-hydrogen) atoms. The Hall–Kier alpha value is -2.96. The Kier molecular flexibility index (Phi) is 4.28. The molecule has 0 bridgehead atoms. The van der Waals surface area contributed by atoms with Gasteiger partial charge < -0.3 is 0 Å². The maximum Gasteiger partial charge on any atom is 0.168 e. The van der Waals surface area contributed by atoms with E-state index in [1.807, 2.05) is 30.3 Å². The van der Waals surface area contributed by atoms with Gasteiger partial charge in [0.15, 0.2) is 11.1 Å². The van der Waals surface area contributed by atoms with Crippen LogP contribution >= 0.6 is 23.2 Å². The van der Waals surface area contributed by atoms with Gasteiger partial charge in [0.2, 0.25) is 0 Å². The summed E-state index contributed by atoms with van der Waals surface area (Å²) in [6.45, 7) is 0. The molecule has 0 aliphatic rings. The number of hydrogen-bond acceptors (Lipinski definition) is 4. The zero-order valence-electron chi connectivity index (χ0n) is 13.3. The molecule has 2 heterocycles. The van der Waals surface area contributed by atoms with Crippen molar-refractivity contribution < 1.29 is 0 Å². The molecular formula is C18H12Cl2N6. The molecule has 4 aromatic rings. The fraction of sp³-hybridized carbons (Fsp3) is 0. The second-order valence-corrected chi connectivity index (χ2v) is 6.32. The standard InChI is InChI=1S/C18H12Cl2N6/c19-13-7-6-12(16(20)8-13)9-23-25-11-22-18-15(17(25)21)10-24-26(18)14-4-2-1-3-5-14/h1-11,21H. The van der Waals surface area contributed by atoms with Crippen LogP contribution in [0, 0.1) is 5.41 Å². The third-order valence-electron chi connectivity index (χ3n) is 3.80. The van der Waals surface area contributed by atoms with Crippen LogP contribution in [0.15, 0.2) is 66.2 Å². The highest BCUT2D eigenvalue weighted by atomic mass is 35.5. The molecule has 0 fully saturated rings. The molecular weight excluding hydrogens is 371 g/mol. The molecule has 2 aromatic carbocycles. The van der Waals surface area contributed by atoms with E-state index in [9.17, 15) is 0 Å². The van der Waals surface area contributed by atoms with Crippen molar-refractivity contribution in [2.45, 2.75) is 0 Å². The third-order valence-corrected chi connectivity index (χ3v) is 4.36. The molecule has 1 N–H and O–H groups in total. The first-order chi connectivity index (χ1) is 12.6. The Bertz CT molecular complexity index is 1180. The maximum absolute atomic E-state index is 8.37. The molecule has 2 aromatic heterocycles. The van der Waals surface area contributed by atoms with Gasteiger partial charge in [-0.2, -0.15) is 10.2 Å². The lowest BCUT2D eigenvalue weighted by Gasteiger charge is -2.04. The van der Waals surface area contributed by atoms with E-state index >= 15 is 0 Å². The predicted octanol–water partition coefficient (Wildman–Crippen LogP) is 3.89. The zero-order chi connectivity index (χ0) is 18.1. The molecule has 0 spiro atoms. The number of hydrogen-bond donors (Lipinski definition) is 1. The fourth-order valence-electron chi connectivity index (χ4n) is 2.50. The molecule has 0 unspecified atom stereocenters. The van der Waals surface area contributed by atoms with Crippen LogP contribution in [0.4, 0.5) is 0 Å². The Morgan fingerprint density at radius 1 is 1.08 bits per heavy atom. The molecule has 0 saturated carbocycles. The minimum absolute atomic E-state index is 0.179. The summed E-state index contributed by atoms with van der Waals surface area (Å²) >= 11 is 12.0. The number of fused-ring (bicyclic) bond motifs is 1. The minimum atomic E-state index is 0.179. The summed E-state index contributed by atoms with van der Waals surface area (Å²) in [6.07, 6.45) is 4.65. The van der Waals surface area contributed by atoms with Crippen molar-refractivity contribution in [3.63, 3.8) is 0 Å². The van der Waals surface area contributed by atoms with E-state index in [0.29, 0.717) is 26.6 Å². The molecule has 0 atom stereocenters. The van der Waals surface area contributed by atoms with Crippen molar-refractivity contribution in [1.29, 1.82) is 5.41 Å². The Morgan fingerprint density at radius 3 is 2.65 bits per heavy atom. The van der Waals surface area contributed by atoms with Crippen LogP contribution in [-0.2, 0) is 0 Å². The minimum Gasteiger partial charge on any atom is -0.282 e. The number of nitrogens with one attached hydrogen (secondary N) is 1. The topological polar surface area (TPSA) is 71.8 Å². The highest BCUT2D eigenvalue weighted by Gasteiger charge is 2.09. The van der Waals surface area contributed by atoms with Gasteiger partial charge in [-0.15, -0.1) is 0 Å². The quantitative estimate of drug-likeness (QED) is 0.545. The van der Waals surface area contributed by atoms with Gasteiger partial charge >= 0.3 is 0 Å². The molecule has 8 heteroatoms. The largest absolute Gasteiger partial charge is 0.282 e. The van der Waals surface area contributed by atoms with Crippen LogP contribution in [-0.4, -0.2) is 25.7 Å². The van der Waals surface area contributed by atoms with Crippen LogP contribution < -0.4 is 5.49 Å². The summed E-state index contributed by atoms with van der Waals surface area (Å²) in [5.74, 6) is 0. The summed E-state index contributed by atoms with van der Waals surface area (Å²) in [5, 5.41) is 18.6. The lowest BCUT2D eigenvalue weighted by molar-refractivity contribution is 0.779. The van der Waals surface area contributed by atoms with E-state index < -0.39 is 0 Å². The monoisotopic (exact) mass is 382 g/mol. The third kappa shape index (κ3) is 3.00. The number of benzene rings is 2. The second-order valence-electron chi connectivity index (χ2n) is 5.48. The molecule has 0 aliphatic heterocycles. The fourth-order valence-corrected chi connectivity index (χ4v) is 2.96. The van der Waals surface area contributed by atoms with Crippen LogP contribution in [0.3, 0.4) is 0 Å². The van der Waals surface area contributed by atoms with Gasteiger partial charge in [-0.1, -0.05) is 47.5 Å². The number of halogens is 2. The zero-order valence-corrected chi connectivity index (χ0v) is 14.9. The lowest BCUT2D eigenvalue weighted by Crippen LogP contribution is -2.17. The van der Waals surface area contributed by atoms with E-state index in [2.05, 4.69) is 15.2 Å². The Balaban J connectivity index is 1.75.